The summed E-state index contributed by atoms with van der Waals surface area (Å²) < 4.78 is 2.16. The molecule has 1 aliphatic heterocycles. The maximum atomic E-state index is 11.2. The van der Waals surface area contributed by atoms with Gasteiger partial charge >= 0.3 is 5.97 Å². The van der Waals surface area contributed by atoms with Crippen LogP contribution in [0.15, 0.2) is 42.5 Å². The Kier molecular flexibility index (Phi) is 4.94. The van der Waals surface area contributed by atoms with Crippen LogP contribution in [0.25, 0.3) is 16.6 Å². The average Bonchev–Trinajstić information content (AvgIpc) is 2.94. The Bertz CT molecular complexity index is 1000. The molecular weight excluding hydrogens is 360 g/mol. The summed E-state index contributed by atoms with van der Waals surface area (Å²) >= 11 is 6.49. The molecule has 2 aromatic carbocycles. The number of carbonyl (C=O) groups is 1. The van der Waals surface area contributed by atoms with E-state index in [1.807, 2.05) is 6.07 Å². The van der Waals surface area contributed by atoms with Crippen LogP contribution in [0, 0.1) is 6.92 Å². The predicted octanol–water partition coefficient (Wildman–Crippen LogP) is 5.28. The molecule has 4 nitrogen and oxygen atoms in total. The Morgan fingerprint density at radius 1 is 1.11 bits per heavy atom. The van der Waals surface area contributed by atoms with E-state index < -0.39 is 5.97 Å². The SMILES string of the molecule is Cc1c(CN2CCCCC2)c2ccccc2n1-c1ccc(C(=O)O)cc1Cl. The zero-order valence-electron chi connectivity index (χ0n) is 15.4. The van der Waals surface area contributed by atoms with Crippen LogP contribution in [0.3, 0.4) is 0 Å². The van der Waals surface area contributed by atoms with Gasteiger partial charge in [-0.1, -0.05) is 36.2 Å². The summed E-state index contributed by atoms with van der Waals surface area (Å²) in [5, 5.41) is 10.9. The van der Waals surface area contributed by atoms with E-state index in [0.29, 0.717) is 5.02 Å². The molecule has 0 spiro atoms. The van der Waals surface area contributed by atoms with Crippen LogP contribution in [0.1, 0.15) is 40.9 Å². The summed E-state index contributed by atoms with van der Waals surface area (Å²) in [5.41, 5.74) is 4.61. The molecule has 0 amide bonds. The largest absolute Gasteiger partial charge is 0.478 e. The number of piperidine rings is 1. The minimum atomic E-state index is -0.969. The maximum absolute atomic E-state index is 11.2. The molecule has 2 heterocycles. The molecule has 0 saturated carbocycles. The number of carboxylic acids is 1. The van der Waals surface area contributed by atoms with Crippen molar-refractivity contribution >= 4 is 28.5 Å². The molecule has 1 saturated heterocycles. The first-order valence-electron chi connectivity index (χ1n) is 9.41. The Labute approximate surface area is 164 Å². The van der Waals surface area contributed by atoms with Gasteiger partial charge in [0, 0.05) is 17.6 Å². The highest BCUT2D eigenvalue weighted by atomic mass is 35.5. The van der Waals surface area contributed by atoms with Crippen LogP contribution in [0.4, 0.5) is 0 Å². The molecule has 0 atom stereocenters. The number of para-hydroxylation sites is 1. The fraction of sp³-hybridized carbons (Fsp3) is 0.318. The topological polar surface area (TPSA) is 45.5 Å². The van der Waals surface area contributed by atoms with E-state index in [-0.39, 0.29) is 5.56 Å². The number of fused-ring (bicyclic) bond motifs is 1. The molecule has 1 N–H and O–H groups in total. The highest BCUT2D eigenvalue weighted by Gasteiger charge is 2.20. The highest BCUT2D eigenvalue weighted by molar-refractivity contribution is 6.32. The maximum Gasteiger partial charge on any atom is 0.335 e. The second-order valence-electron chi connectivity index (χ2n) is 7.22. The fourth-order valence-corrected chi connectivity index (χ4v) is 4.37. The predicted molar refractivity (Wildman–Crippen MR) is 109 cm³/mol. The van der Waals surface area contributed by atoms with Gasteiger partial charge in [-0.05, 0) is 62.7 Å². The summed E-state index contributed by atoms with van der Waals surface area (Å²) in [6, 6.07) is 13.3. The highest BCUT2D eigenvalue weighted by Crippen LogP contribution is 2.33. The van der Waals surface area contributed by atoms with E-state index in [9.17, 15) is 9.90 Å². The summed E-state index contributed by atoms with van der Waals surface area (Å²) in [4.78, 5) is 13.8. The molecule has 0 radical (unpaired) electrons. The Morgan fingerprint density at radius 2 is 1.85 bits per heavy atom. The summed E-state index contributed by atoms with van der Waals surface area (Å²) in [6.07, 6.45) is 3.85. The van der Waals surface area contributed by atoms with Crippen LogP contribution in [0.5, 0.6) is 0 Å². The number of aromatic carboxylic acids is 1. The van der Waals surface area contributed by atoms with Crippen molar-refractivity contribution in [3.63, 3.8) is 0 Å². The Hall–Kier alpha value is -2.30. The van der Waals surface area contributed by atoms with E-state index >= 15 is 0 Å². The van der Waals surface area contributed by atoms with Gasteiger partial charge in [0.15, 0.2) is 0 Å². The summed E-state index contributed by atoms with van der Waals surface area (Å²) in [7, 11) is 0. The van der Waals surface area contributed by atoms with Crippen molar-refractivity contribution in [1.82, 2.24) is 9.47 Å². The van der Waals surface area contributed by atoms with E-state index in [4.69, 9.17) is 11.6 Å². The molecule has 5 heteroatoms. The van der Waals surface area contributed by atoms with Crippen LogP contribution < -0.4 is 0 Å². The molecule has 27 heavy (non-hydrogen) atoms. The molecule has 3 aromatic rings. The van der Waals surface area contributed by atoms with Gasteiger partial charge < -0.3 is 9.67 Å². The molecule has 1 fully saturated rings. The van der Waals surface area contributed by atoms with Gasteiger partial charge in [-0.3, -0.25) is 4.90 Å². The van der Waals surface area contributed by atoms with E-state index in [0.717, 1.165) is 36.5 Å². The number of rotatable bonds is 4. The molecular formula is C22H23ClN2O2. The Balaban J connectivity index is 1.84. The second-order valence-corrected chi connectivity index (χ2v) is 7.63. The van der Waals surface area contributed by atoms with Gasteiger partial charge in [-0.25, -0.2) is 4.79 Å². The number of benzene rings is 2. The van der Waals surface area contributed by atoms with Gasteiger partial charge in [0.05, 0.1) is 21.8 Å². The molecule has 0 aliphatic carbocycles. The van der Waals surface area contributed by atoms with Crippen molar-refractivity contribution in [3.05, 3.63) is 64.3 Å². The quantitative estimate of drug-likeness (QED) is 0.668. The summed E-state index contributed by atoms with van der Waals surface area (Å²) in [5.74, 6) is -0.969. The lowest BCUT2D eigenvalue weighted by Crippen LogP contribution is -2.29. The molecule has 1 aromatic heterocycles. The Morgan fingerprint density at radius 3 is 2.56 bits per heavy atom. The first-order valence-corrected chi connectivity index (χ1v) is 9.78. The molecule has 140 valence electrons. The smallest absolute Gasteiger partial charge is 0.335 e. The van der Waals surface area contributed by atoms with Crippen LogP contribution in [-0.2, 0) is 6.54 Å². The number of hydrogen-bond donors (Lipinski definition) is 1. The minimum Gasteiger partial charge on any atom is -0.478 e. The number of aromatic nitrogens is 1. The summed E-state index contributed by atoms with van der Waals surface area (Å²) in [6.45, 7) is 5.35. The lowest BCUT2D eigenvalue weighted by atomic mass is 10.1. The van der Waals surface area contributed by atoms with Gasteiger partial charge in [-0.15, -0.1) is 0 Å². The minimum absolute atomic E-state index is 0.200. The fourth-order valence-electron chi connectivity index (χ4n) is 4.11. The van der Waals surface area contributed by atoms with Crippen LogP contribution in [-0.4, -0.2) is 33.6 Å². The molecule has 0 bridgehead atoms. The second kappa shape index (κ2) is 7.37. The standard InChI is InChI=1S/C22H23ClN2O2/c1-15-18(14-24-11-5-2-6-12-24)17-7-3-4-8-20(17)25(15)21-10-9-16(22(26)27)13-19(21)23/h3-4,7-10,13H,2,5-6,11-12,14H2,1H3,(H,26,27). The van der Waals surface area contributed by atoms with Crippen molar-refractivity contribution in [1.29, 1.82) is 0 Å². The van der Waals surface area contributed by atoms with Gasteiger partial charge in [0.25, 0.3) is 0 Å². The van der Waals surface area contributed by atoms with E-state index in [1.54, 1.807) is 12.1 Å². The zero-order chi connectivity index (χ0) is 19.0. The monoisotopic (exact) mass is 382 g/mol. The van der Waals surface area contributed by atoms with E-state index in [1.165, 1.54) is 36.3 Å². The lowest BCUT2D eigenvalue weighted by Gasteiger charge is -2.26. The number of carboxylic acid groups (broad SMARTS) is 1. The van der Waals surface area contributed by atoms with Gasteiger partial charge in [0.2, 0.25) is 0 Å². The first-order chi connectivity index (χ1) is 13.1. The van der Waals surface area contributed by atoms with Crippen molar-refractivity contribution < 1.29 is 9.90 Å². The van der Waals surface area contributed by atoms with Crippen molar-refractivity contribution in [2.24, 2.45) is 0 Å². The third-order valence-electron chi connectivity index (χ3n) is 5.51. The third kappa shape index (κ3) is 3.35. The number of halogens is 1. The lowest BCUT2D eigenvalue weighted by molar-refractivity contribution is 0.0697. The van der Waals surface area contributed by atoms with Crippen molar-refractivity contribution in [2.75, 3.05) is 13.1 Å². The normalized spacial score (nSPS) is 15.3. The molecule has 0 unspecified atom stereocenters. The van der Waals surface area contributed by atoms with Crippen molar-refractivity contribution in [2.45, 2.75) is 32.7 Å². The number of nitrogens with zero attached hydrogens (tertiary/aromatic N) is 2. The number of likely N-dealkylation sites (tertiary alicyclic amines) is 1. The van der Waals surface area contributed by atoms with Crippen LogP contribution >= 0.6 is 11.6 Å². The molecule has 4 rings (SSSR count). The zero-order valence-corrected chi connectivity index (χ0v) is 16.2. The van der Waals surface area contributed by atoms with E-state index in [2.05, 4.69) is 34.6 Å². The van der Waals surface area contributed by atoms with Gasteiger partial charge in [0.1, 0.15) is 0 Å². The molecule has 1 aliphatic rings. The van der Waals surface area contributed by atoms with Gasteiger partial charge in [-0.2, -0.15) is 0 Å². The average molecular weight is 383 g/mol. The first kappa shape index (κ1) is 18.1. The third-order valence-corrected chi connectivity index (χ3v) is 5.81. The number of hydrogen-bond acceptors (Lipinski definition) is 2. The van der Waals surface area contributed by atoms with Crippen LogP contribution in [0.2, 0.25) is 5.02 Å². The van der Waals surface area contributed by atoms with Crippen molar-refractivity contribution in [3.8, 4) is 5.69 Å².